The predicted molar refractivity (Wildman–Crippen MR) is 83.1 cm³/mol. The summed E-state index contributed by atoms with van der Waals surface area (Å²) in [7, 11) is -3.53. The summed E-state index contributed by atoms with van der Waals surface area (Å²) in [6.45, 7) is 1.31. The van der Waals surface area contributed by atoms with Crippen molar-refractivity contribution in [2.75, 3.05) is 18.4 Å². The van der Waals surface area contributed by atoms with E-state index in [4.69, 9.17) is 5.73 Å². The predicted octanol–water partition coefficient (Wildman–Crippen LogP) is 0.629. The standard InChI is InChI=1S/C12H18N4O3S.ClH/c13-12(17)16-9-3-5-11(6-4-9)20(18,19)15-8-10-2-1-7-14-10;/h3-6,10,14-15H,1-2,7-8H2,(H3,13,16,17);1H/t10-;/m1./s1. The summed E-state index contributed by atoms with van der Waals surface area (Å²) in [6.07, 6.45) is 2.05. The third-order valence-electron chi connectivity index (χ3n) is 3.11. The van der Waals surface area contributed by atoms with Crippen LogP contribution in [0.5, 0.6) is 0 Å². The molecule has 21 heavy (non-hydrogen) atoms. The lowest BCUT2D eigenvalue weighted by Gasteiger charge is -2.12. The number of rotatable bonds is 5. The third-order valence-corrected chi connectivity index (χ3v) is 4.55. The number of halogens is 1. The minimum absolute atomic E-state index is 0. The van der Waals surface area contributed by atoms with Crippen molar-refractivity contribution in [3.63, 3.8) is 0 Å². The van der Waals surface area contributed by atoms with Crippen molar-refractivity contribution in [1.82, 2.24) is 10.0 Å². The summed E-state index contributed by atoms with van der Waals surface area (Å²) in [5.74, 6) is 0. The van der Waals surface area contributed by atoms with E-state index in [1.165, 1.54) is 24.3 Å². The molecule has 1 aliphatic heterocycles. The first kappa shape index (κ1) is 17.7. The van der Waals surface area contributed by atoms with Gasteiger partial charge in [-0.2, -0.15) is 0 Å². The largest absolute Gasteiger partial charge is 0.351 e. The number of urea groups is 1. The van der Waals surface area contributed by atoms with Crippen LogP contribution in [0.4, 0.5) is 10.5 Å². The Morgan fingerprint density at radius 2 is 2.00 bits per heavy atom. The number of sulfonamides is 1. The zero-order valence-electron chi connectivity index (χ0n) is 11.3. The topological polar surface area (TPSA) is 113 Å². The molecule has 0 spiro atoms. The van der Waals surface area contributed by atoms with Gasteiger partial charge in [-0.3, -0.25) is 0 Å². The van der Waals surface area contributed by atoms with Gasteiger partial charge in [-0.25, -0.2) is 17.9 Å². The van der Waals surface area contributed by atoms with E-state index in [1.54, 1.807) is 0 Å². The minimum atomic E-state index is -3.53. The fourth-order valence-corrected chi connectivity index (χ4v) is 3.17. The van der Waals surface area contributed by atoms with Crippen molar-refractivity contribution < 1.29 is 13.2 Å². The molecule has 1 aromatic rings. The van der Waals surface area contributed by atoms with Crippen LogP contribution in [0.1, 0.15) is 12.8 Å². The van der Waals surface area contributed by atoms with Crippen LogP contribution >= 0.6 is 12.4 Å². The van der Waals surface area contributed by atoms with Gasteiger partial charge < -0.3 is 16.4 Å². The van der Waals surface area contributed by atoms with Crippen molar-refractivity contribution in [2.24, 2.45) is 5.73 Å². The maximum atomic E-state index is 12.1. The Balaban J connectivity index is 0.00000220. The third kappa shape index (κ3) is 5.16. The highest BCUT2D eigenvalue weighted by Crippen LogP contribution is 2.14. The van der Waals surface area contributed by atoms with Gasteiger partial charge in [0.2, 0.25) is 10.0 Å². The number of carbonyl (C=O) groups is 1. The first-order valence-electron chi connectivity index (χ1n) is 6.37. The Morgan fingerprint density at radius 1 is 1.33 bits per heavy atom. The van der Waals surface area contributed by atoms with E-state index in [2.05, 4.69) is 15.4 Å². The van der Waals surface area contributed by atoms with Crippen LogP contribution in [0.25, 0.3) is 0 Å². The zero-order chi connectivity index (χ0) is 14.6. The highest BCUT2D eigenvalue weighted by atomic mass is 35.5. The van der Waals surface area contributed by atoms with E-state index in [0.717, 1.165) is 19.4 Å². The smallest absolute Gasteiger partial charge is 0.316 e. The molecule has 7 nitrogen and oxygen atoms in total. The summed E-state index contributed by atoms with van der Waals surface area (Å²) in [6, 6.07) is 5.35. The Kier molecular flexibility index (Phi) is 6.41. The summed E-state index contributed by atoms with van der Waals surface area (Å²) < 4.78 is 26.7. The fourth-order valence-electron chi connectivity index (χ4n) is 2.08. The van der Waals surface area contributed by atoms with Gasteiger partial charge in [-0.15, -0.1) is 12.4 Å². The van der Waals surface area contributed by atoms with Crippen molar-refractivity contribution in [2.45, 2.75) is 23.8 Å². The monoisotopic (exact) mass is 334 g/mol. The number of anilines is 1. The summed E-state index contributed by atoms with van der Waals surface area (Å²) >= 11 is 0. The van der Waals surface area contributed by atoms with E-state index in [-0.39, 0.29) is 23.3 Å². The van der Waals surface area contributed by atoms with Crippen LogP contribution in [0, 0.1) is 0 Å². The van der Waals surface area contributed by atoms with Gasteiger partial charge in [0.1, 0.15) is 0 Å². The van der Waals surface area contributed by atoms with E-state index in [0.29, 0.717) is 12.2 Å². The molecule has 0 aliphatic carbocycles. The summed E-state index contributed by atoms with van der Waals surface area (Å²) in [4.78, 5) is 10.8. The van der Waals surface area contributed by atoms with Crippen molar-refractivity contribution in [3.05, 3.63) is 24.3 Å². The normalized spacial score (nSPS) is 18.0. The zero-order valence-corrected chi connectivity index (χ0v) is 13.0. The lowest BCUT2D eigenvalue weighted by Crippen LogP contribution is -2.37. The molecule has 2 amide bonds. The second-order valence-corrected chi connectivity index (χ2v) is 6.43. The number of nitrogens with one attached hydrogen (secondary N) is 3. The van der Waals surface area contributed by atoms with Crippen molar-refractivity contribution in [3.8, 4) is 0 Å². The number of benzene rings is 1. The Bertz CT molecular complexity index is 571. The molecule has 2 rings (SSSR count). The highest BCUT2D eigenvalue weighted by molar-refractivity contribution is 7.89. The molecule has 5 N–H and O–H groups in total. The molecule has 0 saturated carbocycles. The van der Waals surface area contributed by atoms with Crippen LogP contribution in [-0.4, -0.2) is 33.6 Å². The van der Waals surface area contributed by atoms with E-state index in [9.17, 15) is 13.2 Å². The van der Waals surface area contributed by atoms with Gasteiger partial charge in [0, 0.05) is 18.3 Å². The van der Waals surface area contributed by atoms with Crippen LogP contribution in [0.15, 0.2) is 29.2 Å². The summed E-state index contributed by atoms with van der Waals surface area (Å²) in [5.41, 5.74) is 5.43. The number of carbonyl (C=O) groups excluding carboxylic acids is 1. The lowest BCUT2D eigenvalue weighted by molar-refractivity contribution is 0.259. The Labute approximate surface area is 130 Å². The van der Waals surface area contributed by atoms with E-state index in [1.807, 2.05) is 0 Å². The van der Waals surface area contributed by atoms with E-state index >= 15 is 0 Å². The van der Waals surface area contributed by atoms with Crippen LogP contribution < -0.4 is 21.1 Å². The van der Waals surface area contributed by atoms with Gasteiger partial charge in [0.05, 0.1) is 4.90 Å². The Morgan fingerprint density at radius 3 is 2.52 bits per heavy atom. The molecule has 9 heteroatoms. The molecule has 1 heterocycles. The molecule has 0 radical (unpaired) electrons. The average molecular weight is 335 g/mol. The number of amides is 2. The van der Waals surface area contributed by atoms with Crippen LogP contribution in [0.3, 0.4) is 0 Å². The van der Waals surface area contributed by atoms with Crippen LogP contribution in [0.2, 0.25) is 0 Å². The number of hydrogen-bond donors (Lipinski definition) is 4. The molecule has 0 aromatic heterocycles. The first-order valence-corrected chi connectivity index (χ1v) is 7.85. The van der Waals surface area contributed by atoms with Crippen molar-refractivity contribution in [1.29, 1.82) is 0 Å². The lowest BCUT2D eigenvalue weighted by atomic mass is 10.2. The molecule has 0 unspecified atom stereocenters. The maximum Gasteiger partial charge on any atom is 0.316 e. The molecule has 1 atom stereocenters. The summed E-state index contributed by atoms with van der Waals surface area (Å²) in [5, 5.41) is 5.60. The van der Waals surface area contributed by atoms with Gasteiger partial charge in [0.25, 0.3) is 0 Å². The quantitative estimate of drug-likeness (QED) is 0.632. The van der Waals surface area contributed by atoms with Crippen LogP contribution in [-0.2, 0) is 10.0 Å². The Hall–Kier alpha value is -1.35. The molecule has 1 aromatic carbocycles. The molecule has 1 saturated heterocycles. The van der Waals surface area contributed by atoms with Crippen molar-refractivity contribution >= 4 is 34.1 Å². The number of primary amides is 1. The minimum Gasteiger partial charge on any atom is -0.351 e. The molecule has 0 bridgehead atoms. The highest BCUT2D eigenvalue weighted by Gasteiger charge is 2.19. The molecular weight excluding hydrogens is 316 g/mol. The van der Waals surface area contributed by atoms with Gasteiger partial charge >= 0.3 is 6.03 Å². The second-order valence-electron chi connectivity index (χ2n) is 4.66. The molecule has 118 valence electrons. The average Bonchev–Trinajstić information content (AvgIpc) is 2.89. The molecular formula is C12H19ClN4O3S. The molecule has 1 aliphatic rings. The van der Waals surface area contributed by atoms with Gasteiger partial charge in [-0.1, -0.05) is 0 Å². The SMILES string of the molecule is Cl.NC(=O)Nc1ccc(S(=O)(=O)NC[C@H]2CCCN2)cc1. The van der Waals surface area contributed by atoms with E-state index < -0.39 is 16.1 Å². The second kappa shape index (κ2) is 7.60. The fraction of sp³-hybridized carbons (Fsp3) is 0.417. The first-order chi connectivity index (χ1) is 9.47. The number of nitrogens with two attached hydrogens (primary N) is 1. The van der Waals surface area contributed by atoms with Gasteiger partial charge in [-0.05, 0) is 43.7 Å². The molecule has 1 fully saturated rings. The van der Waals surface area contributed by atoms with Gasteiger partial charge in [0.15, 0.2) is 0 Å². The maximum absolute atomic E-state index is 12.1. The number of hydrogen-bond acceptors (Lipinski definition) is 4.